The number of carbonyl (C=O) groups excluding carboxylic acids is 1. The van der Waals surface area contributed by atoms with Crippen molar-refractivity contribution in [3.05, 3.63) is 0 Å². The van der Waals surface area contributed by atoms with Gasteiger partial charge in [-0.3, -0.25) is 0 Å². The van der Waals surface area contributed by atoms with E-state index in [4.69, 9.17) is 5.11 Å². The van der Waals surface area contributed by atoms with E-state index in [1.54, 1.807) is 0 Å². The summed E-state index contributed by atoms with van der Waals surface area (Å²) in [6.45, 7) is 1.82. The monoisotopic (exact) mass is 238 g/mol. The summed E-state index contributed by atoms with van der Waals surface area (Å²) in [5.74, 6) is -0.938. The van der Waals surface area contributed by atoms with Crippen LogP contribution in [0.2, 0.25) is 0 Å². The normalized spacial score (nSPS) is 11.9. The minimum absolute atomic E-state index is 0. The number of aliphatic hydroxyl groups excluding tert-OH is 1. The van der Waals surface area contributed by atoms with Gasteiger partial charge >= 0.3 is 29.6 Å². The summed E-state index contributed by atoms with van der Waals surface area (Å²) in [4.78, 5) is 10.1. The van der Waals surface area contributed by atoms with Gasteiger partial charge in [-0.1, -0.05) is 38.5 Å². The zero-order valence-electron chi connectivity index (χ0n) is 10.7. The summed E-state index contributed by atoms with van der Waals surface area (Å²) in [5, 5.41) is 19.1. The van der Waals surface area contributed by atoms with Crippen molar-refractivity contribution in [1.82, 2.24) is 0 Å². The van der Waals surface area contributed by atoms with Crippen LogP contribution in [-0.4, -0.2) is 17.2 Å². The first kappa shape index (κ1) is 18.8. The Morgan fingerprint density at radius 3 is 1.94 bits per heavy atom. The molecule has 0 saturated heterocycles. The van der Waals surface area contributed by atoms with Crippen molar-refractivity contribution >= 4 is 5.97 Å². The minimum Gasteiger partial charge on any atom is -0.550 e. The fourth-order valence-corrected chi connectivity index (χ4v) is 1.59. The Balaban J connectivity index is 0. The number of aliphatic carboxylic acids is 1. The fourth-order valence-electron chi connectivity index (χ4n) is 1.59. The second-order valence-corrected chi connectivity index (χ2v) is 4.23. The minimum atomic E-state index is -0.938. The van der Waals surface area contributed by atoms with E-state index < -0.39 is 5.97 Å². The third-order valence-corrected chi connectivity index (χ3v) is 2.50. The Kier molecular flexibility index (Phi) is 15.8. The van der Waals surface area contributed by atoms with Crippen molar-refractivity contribution in [3.63, 3.8) is 0 Å². The molecule has 1 atom stereocenters. The topological polar surface area (TPSA) is 60.4 Å². The first-order chi connectivity index (χ1) is 7.13. The Hall–Kier alpha value is 0.430. The molecule has 0 aliphatic rings. The second kappa shape index (κ2) is 13.5. The number of hydrogen-bond donors (Lipinski definition) is 1. The Morgan fingerprint density at radius 1 is 1.06 bits per heavy atom. The molecule has 0 aromatic rings. The Morgan fingerprint density at radius 2 is 1.50 bits per heavy atom. The van der Waals surface area contributed by atoms with Gasteiger partial charge in [-0.2, -0.15) is 0 Å². The molecule has 90 valence electrons. The molecule has 16 heavy (non-hydrogen) atoms. The zero-order valence-corrected chi connectivity index (χ0v) is 12.7. The molecule has 0 aromatic carbocycles. The van der Waals surface area contributed by atoms with E-state index >= 15 is 0 Å². The van der Waals surface area contributed by atoms with Crippen molar-refractivity contribution in [3.8, 4) is 0 Å². The summed E-state index contributed by atoms with van der Waals surface area (Å²) in [5.41, 5.74) is 0. The number of carboxylic acids is 1. The van der Waals surface area contributed by atoms with Gasteiger partial charge in [-0.05, 0) is 26.2 Å². The third kappa shape index (κ3) is 16.8. The summed E-state index contributed by atoms with van der Waals surface area (Å²) >= 11 is 0. The third-order valence-electron chi connectivity index (χ3n) is 2.50. The molecule has 0 aliphatic carbocycles. The number of carbonyl (C=O) groups is 1. The van der Waals surface area contributed by atoms with E-state index in [1.165, 1.54) is 19.3 Å². The molecule has 4 heteroatoms. The number of aliphatic hydroxyl groups is 1. The fraction of sp³-hybridized carbons (Fsp3) is 0.917. The van der Waals surface area contributed by atoms with E-state index in [1.807, 2.05) is 6.92 Å². The van der Waals surface area contributed by atoms with Gasteiger partial charge in [-0.15, -0.1) is 0 Å². The molecule has 0 bridgehead atoms. The van der Waals surface area contributed by atoms with Gasteiger partial charge in [0, 0.05) is 5.97 Å². The van der Waals surface area contributed by atoms with Gasteiger partial charge in [-0.25, -0.2) is 0 Å². The smallest absolute Gasteiger partial charge is 0.550 e. The van der Waals surface area contributed by atoms with E-state index in [0.29, 0.717) is 0 Å². The average molecular weight is 238 g/mol. The van der Waals surface area contributed by atoms with Crippen molar-refractivity contribution in [1.29, 1.82) is 0 Å². The van der Waals surface area contributed by atoms with Gasteiger partial charge in [0.25, 0.3) is 0 Å². The van der Waals surface area contributed by atoms with Gasteiger partial charge in [0.05, 0.1) is 6.10 Å². The van der Waals surface area contributed by atoms with Crippen LogP contribution < -0.4 is 34.7 Å². The van der Waals surface area contributed by atoms with Crippen LogP contribution in [0.1, 0.15) is 64.7 Å². The van der Waals surface area contributed by atoms with Crippen LogP contribution in [0.5, 0.6) is 0 Å². The van der Waals surface area contributed by atoms with E-state index in [-0.39, 0.29) is 42.1 Å². The molecule has 0 spiro atoms. The molecule has 0 heterocycles. The molecule has 0 radical (unpaired) electrons. The predicted octanol–water partition coefficient (Wildman–Crippen LogP) is -1.37. The molecule has 0 fully saturated rings. The maximum Gasteiger partial charge on any atom is 1.00 e. The number of rotatable bonds is 10. The van der Waals surface area contributed by atoms with Gasteiger partial charge in [0.1, 0.15) is 0 Å². The second-order valence-electron chi connectivity index (χ2n) is 4.23. The van der Waals surface area contributed by atoms with Crippen molar-refractivity contribution in [2.24, 2.45) is 0 Å². The van der Waals surface area contributed by atoms with Crippen LogP contribution in [0.4, 0.5) is 0 Å². The molecular formula is C12H23NaO3. The molecule has 0 rings (SSSR count). The zero-order chi connectivity index (χ0) is 11.5. The molecule has 0 amide bonds. The number of hydrogen-bond acceptors (Lipinski definition) is 3. The Labute approximate surface area is 121 Å². The van der Waals surface area contributed by atoms with Crippen molar-refractivity contribution in [2.75, 3.05) is 0 Å². The summed E-state index contributed by atoms with van der Waals surface area (Å²) in [7, 11) is 0. The molecule has 1 N–H and O–H groups in total. The quantitative estimate of drug-likeness (QED) is 0.377. The number of carboxylic acid groups (broad SMARTS) is 1. The van der Waals surface area contributed by atoms with Crippen LogP contribution >= 0.6 is 0 Å². The molecule has 0 saturated carbocycles. The van der Waals surface area contributed by atoms with Gasteiger partial charge < -0.3 is 15.0 Å². The predicted molar refractivity (Wildman–Crippen MR) is 58.2 cm³/mol. The van der Waals surface area contributed by atoms with Gasteiger partial charge in [0.2, 0.25) is 0 Å². The van der Waals surface area contributed by atoms with E-state index in [0.717, 1.165) is 32.1 Å². The van der Waals surface area contributed by atoms with Crippen LogP contribution in [0, 0.1) is 0 Å². The van der Waals surface area contributed by atoms with Crippen molar-refractivity contribution in [2.45, 2.75) is 70.8 Å². The maximum absolute atomic E-state index is 10.1. The molecule has 0 aliphatic heterocycles. The Bertz CT molecular complexity index is 160. The van der Waals surface area contributed by atoms with E-state index in [9.17, 15) is 9.90 Å². The van der Waals surface area contributed by atoms with Crippen LogP contribution in [-0.2, 0) is 4.79 Å². The first-order valence-electron chi connectivity index (χ1n) is 6.01. The molecule has 1 unspecified atom stereocenters. The SMILES string of the molecule is CC(O)CCCCCCCCCC(=O)[O-].[Na+]. The van der Waals surface area contributed by atoms with Crippen LogP contribution in [0.25, 0.3) is 0 Å². The number of unbranched alkanes of at least 4 members (excludes halogenated alkanes) is 6. The van der Waals surface area contributed by atoms with E-state index in [2.05, 4.69) is 0 Å². The van der Waals surface area contributed by atoms with Crippen molar-refractivity contribution < 1.29 is 44.6 Å². The average Bonchev–Trinajstić information content (AvgIpc) is 2.14. The maximum atomic E-state index is 10.1. The molecular weight excluding hydrogens is 215 g/mol. The standard InChI is InChI=1S/C12H24O3.Na/c1-11(13)9-7-5-3-2-4-6-8-10-12(14)15;/h11,13H,2-10H2,1H3,(H,14,15);/q;+1/p-1. The van der Waals surface area contributed by atoms with Gasteiger partial charge in [0.15, 0.2) is 0 Å². The first-order valence-corrected chi connectivity index (χ1v) is 6.01. The largest absolute Gasteiger partial charge is 1.00 e. The summed E-state index contributed by atoms with van der Waals surface area (Å²) in [6.07, 6.45) is 8.40. The molecule has 3 nitrogen and oxygen atoms in total. The van der Waals surface area contributed by atoms with Crippen LogP contribution in [0.15, 0.2) is 0 Å². The van der Waals surface area contributed by atoms with Crippen LogP contribution in [0.3, 0.4) is 0 Å². The summed E-state index contributed by atoms with van der Waals surface area (Å²) < 4.78 is 0. The molecule has 0 aromatic heterocycles. The summed E-state index contributed by atoms with van der Waals surface area (Å²) in [6, 6.07) is 0.